The third-order valence-corrected chi connectivity index (χ3v) is 9.15. The third-order valence-electron chi connectivity index (χ3n) is 7.95. The molecule has 42 heavy (non-hydrogen) atoms. The molecule has 9 nitrogen and oxygen atoms in total. The average molecular weight is 576 g/mol. The fraction of sp³-hybridized carbons (Fsp3) is 0.250. The van der Waals surface area contributed by atoms with Crippen molar-refractivity contribution in [1.29, 1.82) is 0 Å². The fourth-order valence-corrected chi connectivity index (χ4v) is 6.74. The van der Waals surface area contributed by atoms with Crippen molar-refractivity contribution in [3.05, 3.63) is 66.1 Å². The van der Waals surface area contributed by atoms with Crippen molar-refractivity contribution in [2.24, 2.45) is 5.92 Å². The van der Waals surface area contributed by atoms with Crippen LogP contribution in [0.15, 0.2) is 61.2 Å². The molecule has 1 saturated carbocycles. The van der Waals surface area contributed by atoms with Crippen molar-refractivity contribution in [1.82, 2.24) is 30.1 Å². The van der Waals surface area contributed by atoms with E-state index in [0.717, 1.165) is 67.9 Å². The van der Waals surface area contributed by atoms with Crippen LogP contribution in [0.2, 0.25) is 0 Å². The number of nitrogens with zero attached hydrogens (tertiary/aromatic N) is 4. The summed E-state index contributed by atoms with van der Waals surface area (Å²) in [6.07, 6.45) is 13.5. The van der Waals surface area contributed by atoms with E-state index in [4.69, 9.17) is 0 Å². The van der Waals surface area contributed by atoms with Crippen LogP contribution in [-0.2, 0) is 4.79 Å². The summed E-state index contributed by atoms with van der Waals surface area (Å²) in [7, 11) is 0. The number of nitrogens with one attached hydrogen (secondary N) is 3. The Morgan fingerprint density at radius 3 is 2.64 bits per heavy atom. The smallest absolute Gasteiger partial charge is 0.224 e. The number of thiophene rings is 1. The van der Waals surface area contributed by atoms with Crippen LogP contribution in [0.1, 0.15) is 55.1 Å². The molecule has 0 atom stereocenters. The number of H-pyrrole nitrogens is 2. The monoisotopic (exact) mass is 575 g/mol. The number of aromatic nitrogens is 6. The van der Waals surface area contributed by atoms with Crippen molar-refractivity contribution in [2.75, 3.05) is 5.32 Å². The van der Waals surface area contributed by atoms with Crippen molar-refractivity contribution < 1.29 is 9.59 Å². The van der Waals surface area contributed by atoms with Gasteiger partial charge < -0.3 is 10.3 Å². The third kappa shape index (κ3) is 5.09. The Hall–Kier alpha value is -4.70. The highest BCUT2D eigenvalue weighted by molar-refractivity contribution is 7.17. The van der Waals surface area contributed by atoms with E-state index >= 15 is 0 Å². The summed E-state index contributed by atoms with van der Waals surface area (Å²) < 4.78 is 0. The predicted molar refractivity (Wildman–Crippen MR) is 165 cm³/mol. The number of Topliss-reactive ketones (excluding diaryl/α,β-unsaturated/α-hetero) is 1. The predicted octanol–water partition coefficient (Wildman–Crippen LogP) is 7.40. The maximum absolute atomic E-state index is 12.7. The summed E-state index contributed by atoms with van der Waals surface area (Å²) >= 11 is 1.44. The van der Waals surface area contributed by atoms with E-state index in [0.29, 0.717) is 22.9 Å². The van der Waals surface area contributed by atoms with Crippen molar-refractivity contribution in [2.45, 2.75) is 45.4 Å². The Bertz CT molecular complexity index is 1950. The number of hydrogen-bond donors (Lipinski definition) is 3. The second-order valence-electron chi connectivity index (χ2n) is 10.9. The van der Waals surface area contributed by atoms with Crippen LogP contribution in [0.3, 0.4) is 0 Å². The largest absolute Gasteiger partial charge is 0.353 e. The molecule has 0 saturated heterocycles. The first-order valence-corrected chi connectivity index (χ1v) is 15.0. The minimum atomic E-state index is 0.0362. The average Bonchev–Trinajstić information content (AvgIpc) is 3.75. The van der Waals surface area contributed by atoms with E-state index in [1.54, 1.807) is 31.7 Å². The van der Waals surface area contributed by atoms with Crippen LogP contribution in [0.4, 0.5) is 5.69 Å². The first kappa shape index (κ1) is 26.2. The molecule has 0 aliphatic heterocycles. The van der Waals surface area contributed by atoms with Gasteiger partial charge in [-0.15, -0.1) is 11.3 Å². The van der Waals surface area contributed by atoms with Crippen LogP contribution in [0.5, 0.6) is 0 Å². The topological polar surface area (TPSA) is 129 Å². The molecule has 10 heteroatoms. The van der Waals surface area contributed by atoms with Crippen molar-refractivity contribution >= 4 is 50.5 Å². The summed E-state index contributed by atoms with van der Waals surface area (Å²) in [6.45, 7) is 1.57. The second-order valence-corrected chi connectivity index (χ2v) is 12.0. The number of pyridine rings is 3. The Morgan fingerprint density at radius 1 is 0.952 bits per heavy atom. The molecule has 7 rings (SSSR count). The first-order valence-electron chi connectivity index (χ1n) is 14.2. The molecule has 1 fully saturated rings. The molecule has 0 aromatic carbocycles. The van der Waals surface area contributed by atoms with Crippen molar-refractivity contribution in [3.63, 3.8) is 0 Å². The normalized spacial score (nSPS) is 14.0. The standard InChI is InChI=1S/C32H29N7O2S/c1-18(40)28-7-8-29(42-28)32-22-14-26(37-24(22)9-10-34-32)31-23-13-25(35-17-27(23)38-39-31)20-12-21(16-33-15-20)36-30(41)11-19-5-3-2-4-6-19/h7-10,12-17,19,37H,2-6,11H2,1H3,(H,36,41)(H,38,39). The van der Waals surface area contributed by atoms with E-state index in [9.17, 15) is 9.59 Å². The highest BCUT2D eigenvalue weighted by atomic mass is 32.1. The quantitative estimate of drug-likeness (QED) is 0.170. The molecule has 0 radical (unpaired) electrons. The van der Waals surface area contributed by atoms with Crippen LogP contribution in [-0.4, -0.2) is 41.8 Å². The maximum atomic E-state index is 12.7. The number of hydrogen-bond acceptors (Lipinski definition) is 7. The number of rotatable bonds is 7. The minimum Gasteiger partial charge on any atom is -0.353 e. The van der Waals surface area contributed by atoms with Gasteiger partial charge in [-0.05, 0) is 62.1 Å². The van der Waals surface area contributed by atoms with E-state index in [-0.39, 0.29) is 11.7 Å². The number of fused-ring (bicyclic) bond motifs is 2. The molecule has 1 aliphatic rings. The Morgan fingerprint density at radius 2 is 1.81 bits per heavy atom. The summed E-state index contributed by atoms with van der Waals surface area (Å²) in [6, 6.07) is 11.7. The zero-order chi connectivity index (χ0) is 28.6. The second kappa shape index (κ2) is 10.9. The molecule has 1 aliphatic carbocycles. The van der Waals surface area contributed by atoms with E-state index in [1.807, 2.05) is 36.4 Å². The van der Waals surface area contributed by atoms with Crippen molar-refractivity contribution in [3.8, 4) is 33.2 Å². The molecule has 210 valence electrons. The molecule has 6 heterocycles. The van der Waals surface area contributed by atoms with Gasteiger partial charge >= 0.3 is 0 Å². The summed E-state index contributed by atoms with van der Waals surface area (Å²) in [4.78, 5) is 43.3. The summed E-state index contributed by atoms with van der Waals surface area (Å²) in [5, 5.41) is 12.6. The van der Waals surface area contributed by atoms with Gasteiger partial charge in [0.15, 0.2) is 5.78 Å². The van der Waals surface area contributed by atoms with Gasteiger partial charge in [-0.1, -0.05) is 19.3 Å². The Labute approximate surface area is 245 Å². The molecule has 3 N–H and O–H groups in total. The van der Waals surface area contributed by atoms with E-state index in [2.05, 4.69) is 35.5 Å². The first-order chi connectivity index (χ1) is 20.5. The number of aromatic amines is 2. The lowest BCUT2D eigenvalue weighted by Gasteiger charge is -2.20. The van der Waals surface area contributed by atoms with Gasteiger partial charge in [0.05, 0.1) is 50.4 Å². The summed E-state index contributed by atoms with van der Waals surface area (Å²) in [5.41, 5.74) is 6.36. The van der Waals surface area contributed by atoms with Gasteiger partial charge in [-0.3, -0.25) is 29.6 Å². The number of carbonyl (C=O) groups is 2. The highest BCUT2D eigenvalue weighted by Crippen LogP contribution is 2.36. The van der Waals surface area contributed by atoms with Crippen LogP contribution in [0.25, 0.3) is 55.0 Å². The number of anilines is 1. The van der Waals surface area contributed by atoms with E-state index < -0.39 is 0 Å². The highest BCUT2D eigenvalue weighted by Gasteiger charge is 2.19. The lowest BCUT2D eigenvalue weighted by Crippen LogP contribution is -2.18. The lowest BCUT2D eigenvalue weighted by atomic mass is 9.87. The Balaban J connectivity index is 1.19. The van der Waals surface area contributed by atoms with Gasteiger partial charge in [-0.25, -0.2) is 0 Å². The number of ketones is 1. The zero-order valence-electron chi connectivity index (χ0n) is 23.1. The number of carbonyl (C=O) groups excluding carboxylic acids is 2. The SMILES string of the molecule is CC(=O)c1ccc(-c2nccc3[nH]c(-c4n[nH]c5cnc(-c6cncc(NC(=O)CC7CCCCC7)c6)cc45)cc23)s1. The maximum Gasteiger partial charge on any atom is 0.224 e. The van der Waals surface area contributed by atoms with Gasteiger partial charge in [0, 0.05) is 40.7 Å². The van der Waals surface area contributed by atoms with Crippen LogP contribution in [0, 0.1) is 5.92 Å². The number of amides is 1. The molecular formula is C32H29N7O2S. The molecule has 0 unspecified atom stereocenters. The molecule has 0 bridgehead atoms. The van der Waals surface area contributed by atoms with Crippen LogP contribution >= 0.6 is 11.3 Å². The molecule has 6 aromatic rings. The van der Waals surface area contributed by atoms with Gasteiger partial charge in [0.2, 0.25) is 5.91 Å². The van der Waals surface area contributed by atoms with Gasteiger partial charge in [0.1, 0.15) is 5.69 Å². The molecule has 6 aromatic heterocycles. The zero-order valence-corrected chi connectivity index (χ0v) is 23.9. The van der Waals surface area contributed by atoms with E-state index in [1.165, 1.54) is 30.6 Å². The molecule has 1 amide bonds. The fourth-order valence-electron chi connectivity index (χ4n) is 5.83. The van der Waals surface area contributed by atoms with Crippen LogP contribution < -0.4 is 5.32 Å². The van der Waals surface area contributed by atoms with Gasteiger partial charge in [-0.2, -0.15) is 5.10 Å². The molecule has 0 spiro atoms. The molecular weight excluding hydrogens is 546 g/mol. The minimum absolute atomic E-state index is 0.0362. The van der Waals surface area contributed by atoms with Gasteiger partial charge in [0.25, 0.3) is 0 Å². The summed E-state index contributed by atoms with van der Waals surface area (Å²) in [5.74, 6) is 0.551. The lowest BCUT2D eigenvalue weighted by molar-refractivity contribution is -0.117. The Kier molecular flexibility index (Phi) is 6.83.